The first-order valence-electron chi connectivity index (χ1n) is 6.66. The predicted octanol–water partition coefficient (Wildman–Crippen LogP) is 2.60. The van der Waals surface area contributed by atoms with Crippen LogP contribution in [0.3, 0.4) is 0 Å². The van der Waals surface area contributed by atoms with Crippen LogP contribution in [0.4, 0.5) is 5.69 Å². The molecule has 1 aliphatic rings. The number of hydrogen-bond donors (Lipinski definition) is 2. The highest BCUT2D eigenvalue weighted by Gasteiger charge is 2.33. The Morgan fingerprint density at radius 3 is 2.80 bits per heavy atom. The van der Waals surface area contributed by atoms with E-state index in [4.69, 9.17) is 28.9 Å². The Labute approximate surface area is 129 Å². The third-order valence-electron chi connectivity index (χ3n) is 3.57. The summed E-state index contributed by atoms with van der Waals surface area (Å²) in [5.41, 5.74) is 6.31. The highest BCUT2D eigenvalue weighted by Crippen LogP contribution is 2.34. The van der Waals surface area contributed by atoms with Crippen LogP contribution in [0.2, 0.25) is 10.0 Å². The average molecular weight is 316 g/mol. The standard InChI is InChI=1S/C14H19Cl2N3O/c1-19(13(7-17)9-2-3-9)8-14(20)18-12-6-10(15)4-5-11(12)16/h4-6,9,13H,2-3,7-8,17H2,1H3,(H,18,20). The van der Waals surface area contributed by atoms with E-state index in [0.717, 1.165) is 0 Å². The molecule has 0 spiro atoms. The normalized spacial score (nSPS) is 16.2. The van der Waals surface area contributed by atoms with Crippen LogP contribution < -0.4 is 11.1 Å². The third-order valence-corrected chi connectivity index (χ3v) is 4.13. The van der Waals surface area contributed by atoms with Crippen molar-refractivity contribution in [2.24, 2.45) is 11.7 Å². The molecule has 110 valence electrons. The Balaban J connectivity index is 1.93. The van der Waals surface area contributed by atoms with Gasteiger partial charge in [-0.1, -0.05) is 23.2 Å². The van der Waals surface area contributed by atoms with E-state index in [1.54, 1.807) is 18.2 Å². The van der Waals surface area contributed by atoms with Gasteiger partial charge < -0.3 is 11.1 Å². The summed E-state index contributed by atoms with van der Waals surface area (Å²) in [5, 5.41) is 3.80. The van der Waals surface area contributed by atoms with E-state index in [1.807, 2.05) is 11.9 Å². The molecule has 1 aromatic rings. The maximum Gasteiger partial charge on any atom is 0.238 e. The first-order chi connectivity index (χ1) is 9.51. The molecule has 1 unspecified atom stereocenters. The van der Waals surface area contributed by atoms with Gasteiger partial charge in [0.2, 0.25) is 5.91 Å². The summed E-state index contributed by atoms with van der Waals surface area (Å²) in [7, 11) is 1.93. The fraction of sp³-hybridized carbons (Fsp3) is 0.500. The zero-order valence-electron chi connectivity index (χ0n) is 11.4. The van der Waals surface area contributed by atoms with E-state index in [-0.39, 0.29) is 11.9 Å². The van der Waals surface area contributed by atoms with Gasteiger partial charge in [0, 0.05) is 17.6 Å². The van der Waals surface area contributed by atoms with Crippen molar-refractivity contribution in [3.63, 3.8) is 0 Å². The van der Waals surface area contributed by atoms with Crippen LogP contribution >= 0.6 is 23.2 Å². The number of carbonyl (C=O) groups is 1. The Kier molecular flexibility index (Phi) is 5.27. The van der Waals surface area contributed by atoms with Gasteiger partial charge in [-0.15, -0.1) is 0 Å². The van der Waals surface area contributed by atoms with Crippen molar-refractivity contribution < 1.29 is 4.79 Å². The second-order valence-electron chi connectivity index (χ2n) is 5.23. The monoisotopic (exact) mass is 315 g/mol. The minimum atomic E-state index is -0.115. The molecule has 6 heteroatoms. The number of benzene rings is 1. The average Bonchev–Trinajstić information content (AvgIpc) is 3.19. The lowest BCUT2D eigenvalue weighted by molar-refractivity contribution is -0.117. The Bertz CT molecular complexity index is 491. The smallest absolute Gasteiger partial charge is 0.238 e. The minimum absolute atomic E-state index is 0.115. The number of nitrogens with zero attached hydrogens (tertiary/aromatic N) is 1. The molecule has 0 radical (unpaired) electrons. The number of carbonyl (C=O) groups excluding carboxylic acids is 1. The van der Waals surface area contributed by atoms with E-state index in [2.05, 4.69) is 5.32 Å². The molecule has 1 aliphatic carbocycles. The lowest BCUT2D eigenvalue weighted by atomic mass is 10.1. The van der Waals surface area contributed by atoms with Gasteiger partial charge in [0.05, 0.1) is 17.3 Å². The Hall–Kier alpha value is -0.810. The summed E-state index contributed by atoms with van der Waals surface area (Å²) >= 11 is 11.9. The number of hydrogen-bond acceptors (Lipinski definition) is 3. The largest absolute Gasteiger partial charge is 0.329 e. The highest BCUT2D eigenvalue weighted by molar-refractivity contribution is 6.35. The van der Waals surface area contributed by atoms with Crippen molar-refractivity contribution in [1.29, 1.82) is 0 Å². The second-order valence-corrected chi connectivity index (χ2v) is 6.07. The van der Waals surface area contributed by atoms with Crippen LogP contribution in [-0.2, 0) is 4.79 Å². The van der Waals surface area contributed by atoms with Gasteiger partial charge in [0.25, 0.3) is 0 Å². The van der Waals surface area contributed by atoms with Gasteiger partial charge in [0.15, 0.2) is 0 Å². The summed E-state index contributed by atoms with van der Waals surface area (Å²) in [6.45, 7) is 0.869. The fourth-order valence-electron chi connectivity index (χ4n) is 2.34. The molecule has 1 fully saturated rings. The van der Waals surface area contributed by atoms with Crippen LogP contribution in [-0.4, -0.2) is 37.0 Å². The van der Waals surface area contributed by atoms with Crippen LogP contribution in [0.5, 0.6) is 0 Å². The molecule has 0 aromatic heterocycles. The summed E-state index contributed by atoms with van der Waals surface area (Å²) in [6, 6.07) is 5.26. The van der Waals surface area contributed by atoms with Crippen molar-refractivity contribution in [2.45, 2.75) is 18.9 Å². The molecule has 1 amide bonds. The van der Waals surface area contributed by atoms with Gasteiger partial charge in [-0.25, -0.2) is 0 Å². The molecule has 0 heterocycles. The minimum Gasteiger partial charge on any atom is -0.329 e. The summed E-state index contributed by atoms with van der Waals surface area (Å²) in [6.07, 6.45) is 2.40. The van der Waals surface area contributed by atoms with Gasteiger partial charge >= 0.3 is 0 Å². The number of rotatable bonds is 6. The lowest BCUT2D eigenvalue weighted by Crippen LogP contribution is -2.43. The zero-order chi connectivity index (χ0) is 14.7. The van der Waals surface area contributed by atoms with Gasteiger partial charge in [-0.05, 0) is 44.0 Å². The molecule has 0 aliphatic heterocycles. The molecule has 1 aromatic carbocycles. The Morgan fingerprint density at radius 2 is 2.20 bits per heavy atom. The topological polar surface area (TPSA) is 58.4 Å². The summed E-state index contributed by atoms with van der Waals surface area (Å²) in [4.78, 5) is 14.1. The van der Waals surface area contributed by atoms with Crippen LogP contribution in [0.25, 0.3) is 0 Å². The van der Waals surface area contributed by atoms with Gasteiger partial charge in [-0.3, -0.25) is 9.69 Å². The SMILES string of the molecule is CN(CC(=O)Nc1cc(Cl)ccc1Cl)C(CN)C1CC1. The molecular weight excluding hydrogens is 297 g/mol. The summed E-state index contributed by atoms with van der Waals surface area (Å²) < 4.78 is 0. The van der Waals surface area contributed by atoms with Crippen LogP contribution in [0, 0.1) is 5.92 Å². The quantitative estimate of drug-likeness (QED) is 0.848. The van der Waals surface area contributed by atoms with E-state index in [9.17, 15) is 4.79 Å². The first kappa shape index (κ1) is 15.6. The van der Waals surface area contributed by atoms with Crippen LogP contribution in [0.1, 0.15) is 12.8 Å². The highest BCUT2D eigenvalue weighted by atomic mass is 35.5. The molecule has 2 rings (SSSR count). The number of halogens is 2. The van der Waals surface area contributed by atoms with E-state index < -0.39 is 0 Å². The molecule has 0 saturated heterocycles. The first-order valence-corrected chi connectivity index (χ1v) is 7.42. The van der Waals surface area contributed by atoms with Crippen molar-refractivity contribution in [3.05, 3.63) is 28.2 Å². The number of amides is 1. The van der Waals surface area contributed by atoms with Crippen molar-refractivity contribution in [1.82, 2.24) is 4.90 Å². The lowest BCUT2D eigenvalue weighted by Gasteiger charge is -2.26. The Morgan fingerprint density at radius 1 is 1.50 bits per heavy atom. The summed E-state index contributed by atoms with van der Waals surface area (Å²) in [5.74, 6) is 0.517. The zero-order valence-corrected chi connectivity index (χ0v) is 12.9. The van der Waals surface area contributed by atoms with E-state index in [0.29, 0.717) is 34.7 Å². The number of anilines is 1. The van der Waals surface area contributed by atoms with Crippen molar-refractivity contribution in [2.75, 3.05) is 25.5 Å². The predicted molar refractivity (Wildman–Crippen MR) is 83.3 cm³/mol. The number of nitrogens with two attached hydrogens (primary N) is 1. The maximum absolute atomic E-state index is 12.1. The molecule has 3 N–H and O–H groups in total. The molecule has 0 bridgehead atoms. The van der Waals surface area contributed by atoms with E-state index in [1.165, 1.54) is 12.8 Å². The maximum atomic E-state index is 12.1. The molecule has 1 saturated carbocycles. The molecule has 4 nitrogen and oxygen atoms in total. The van der Waals surface area contributed by atoms with Gasteiger partial charge in [0.1, 0.15) is 0 Å². The van der Waals surface area contributed by atoms with Crippen molar-refractivity contribution in [3.8, 4) is 0 Å². The number of nitrogens with one attached hydrogen (secondary N) is 1. The fourth-order valence-corrected chi connectivity index (χ4v) is 2.68. The van der Waals surface area contributed by atoms with Gasteiger partial charge in [-0.2, -0.15) is 0 Å². The van der Waals surface area contributed by atoms with Crippen LogP contribution in [0.15, 0.2) is 18.2 Å². The van der Waals surface area contributed by atoms with Crippen molar-refractivity contribution >= 4 is 34.8 Å². The second kappa shape index (κ2) is 6.76. The number of likely N-dealkylation sites (N-methyl/N-ethyl adjacent to an activating group) is 1. The molecule has 1 atom stereocenters. The molecule has 20 heavy (non-hydrogen) atoms. The molecular formula is C14H19Cl2N3O. The third kappa shape index (κ3) is 4.09. The van der Waals surface area contributed by atoms with E-state index >= 15 is 0 Å².